The number of carbonyl (C=O) groups is 1. The predicted molar refractivity (Wildman–Crippen MR) is 104 cm³/mol. The minimum Gasteiger partial charge on any atom is -0.342 e. The fourth-order valence-electron chi connectivity index (χ4n) is 3.32. The molecule has 26 heavy (non-hydrogen) atoms. The van der Waals surface area contributed by atoms with Gasteiger partial charge in [-0.1, -0.05) is 13.8 Å². The van der Waals surface area contributed by atoms with E-state index in [0.29, 0.717) is 24.3 Å². The van der Waals surface area contributed by atoms with Gasteiger partial charge in [-0.05, 0) is 55.2 Å². The van der Waals surface area contributed by atoms with Crippen LogP contribution in [0.3, 0.4) is 0 Å². The van der Waals surface area contributed by atoms with Crippen LogP contribution in [0.1, 0.15) is 32.7 Å². The number of nitrogens with zero attached hydrogens (tertiary/aromatic N) is 2. The molecule has 3 rings (SSSR count). The van der Waals surface area contributed by atoms with Crippen LogP contribution in [-0.4, -0.2) is 31.2 Å². The van der Waals surface area contributed by atoms with Gasteiger partial charge in [0, 0.05) is 24.6 Å². The molecule has 1 atom stereocenters. The maximum Gasteiger partial charge on any atom is 0.247 e. The average molecular weight is 375 g/mol. The lowest BCUT2D eigenvalue weighted by Crippen LogP contribution is -2.37. The first-order chi connectivity index (χ1) is 12.4. The number of rotatable bonds is 5. The Bertz CT molecular complexity index is 843. The Morgan fingerprint density at radius 3 is 2.31 bits per heavy atom. The molecule has 0 saturated carbocycles. The molecule has 1 aromatic heterocycles. The Morgan fingerprint density at radius 1 is 1.08 bits per heavy atom. The van der Waals surface area contributed by atoms with Crippen LogP contribution in [0.25, 0.3) is 0 Å². The van der Waals surface area contributed by atoms with Crippen molar-refractivity contribution < 1.29 is 13.2 Å². The molecule has 0 radical (unpaired) electrons. The summed E-state index contributed by atoms with van der Waals surface area (Å²) in [6, 6.07) is 10.5. The summed E-state index contributed by atoms with van der Waals surface area (Å²) in [5, 5.41) is 2.93. The highest BCUT2D eigenvalue weighted by Gasteiger charge is 2.26. The van der Waals surface area contributed by atoms with Crippen molar-refractivity contribution in [3.63, 3.8) is 0 Å². The van der Waals surface area contributed by atoms with Gasteiger partial charge in [0.1, 0.15) is 6.04 Å². The maximum atomic E-state index is 12.7. The van der Waals surface area contributed by atoms with E-state index >= 15 is 0 Å². The van der Waals surface area contributed by atoms with Crippen molar-refractivity contribution in [1.82, 2.24) is 4.57 Å². The lowest BCUT2D eigenvalue weighted by Gasteiger charge is -2.28. The molecule has 1 fully saturated rings. The zero-order valence-corrected chi connectivity index (χ0v) is 15.9. The highest BCUT2D eigenvalue weighted by molar-refractivity contribution is 7.92. The lowest BCUT2D eigenvalue weighted by atomic mass is 10.0. The Labute approximate surface area is 154 Å². The predicted octanol–water partition coefficient (Wildman–Crippen LogP) is 3.25. The number of hydrogen-bond acceptors (Lipinski definition) is 3. The summed E-state index contributed by atoms with van der Waals surface area (Å²) in [7, 11) is -3.22. The molecular weight excluding hydrogens is 350 g/mol. The van der Waals surface area contributed by atoms with Gasteiger partial charge in [-0.3, -0.25) is 9.10 Å². The van der Waals surface area contributed by atoms with E-state index in [0.717, 1.165) is 6.42 Å². The Kier molecular flexibility index (Phi) is 5.36. The number of aromatic nitrogens is 1. The maximum absolute atomic E-state index is 12.7. The molecule has 1 saturated heterocycles. The fraction of sp³-hybridized carbons (Fsp3) is 0.421. The molecular formula is C19H25N3O3S. The van der Waals surface area contributed by atoms with Crippen LogP contribution in [0.4, 0.5) is 11.4 Å². The lowest BCUT2D eigenvalue weighted by molar-refractivity contribution is -0.120. The molecule has 2 aromatic rings. The van der Waals surface area contributed by atoms with E-state index in [1.54, 1.807) is 24.3 Å². The number of amides is 1. The first kappa shape index (κ1) is 18.5. The third-order valence-electron chi connectivity index (χ3n) is 4.62. The van der Waals surface area contributed by atoms with Crippen LogP contribution in [0, 0.1) is 5.92 Å². The Balaban J connectivity index is 1.74. The van der Waals surface area contributed by atoms with Gasteiger partial charge >= 0.3 is 0 Å². The number of hydrogen-bond donors (Lipinski definition) is 1. The van der Waals surface area contributed by atoms with Gasteiger partial charge in [0.2, 0.25) is 15.9 Å². The molecule has 1 aliphatic heterocycles. The summed E-state index contributed by atoms with van der Waals surface area (Å²) in [4.78, 5) is 12.7. The zero-order chi connectivity index (χ0) is 18.7. The molecule has 2 heterocycles. The zero-order valence-electron chi connectivity index (χ0n) is 15.1. The smallest absolute Gasteiger partial charge is 0.247 e. The highest BCUT2D eigenvalue weighted by Crippen LogP contribution is 2.26. The van der Waals surface area contributed by atoms with Gasteiger partial charge in [-0.2, -0.15) is 0 Å². The second-order valence-corrected chi connectivity index (χ2v) is 8.96. The summed E-state index contributed by atoms with van der Waals surface area (Å²) < 4.78 is 27.7. The normalized spacial score (nSPS) is 17.9. The molecule has 1 aromatic carbocycles. The van der Waals surface area contributed by atoms with E-state index in [9.17, 15) is 13.2 Å². The summed E-state index contributed by atoms with van der Waals surface area (Å²) in [5.41, 5.74) is 1.31. The summed E-state index contributed by atoms with van der Waals surface area (Å²) in [6.45, 7) is 4.53. The van der Waals surface area contributed by atoms with Crippen molar-refractivity contribution >= 4 is 27.3 Å². The van der Waals surface area contributed by atoms with Crippen molar-refractivity contribution in [3.8, 4) is 0 Å². The molecule has 1 N–H and O–H groups in total. The number of anilines is 2. The van der Waals surface area contributed by atoms with E-state index in [1.807, 2.05) is 42.9 Å². The average Bonchev–Trinajstić information content (AvgIpc) is 3.09. The topological polar surface area (TPSA) is 71.4 Å². The van der Waals surface area contributed by atoms with E-state index in [4.69, 9.17) is 0 Å². The van der Waals surface area contributed by atoms with Crippen LogP contribution in [0.5, 0.6) is 0 Å². The quantitative estimate of drug-likeness (QED) is 0.872. The standard InChI is InChI=1S/C19H25N3O3S/c1-15(2)18(21-11-3-4-12-21)19(23)20-16-7-9-17(10-8-16)22-13-5-6-14-26(22,24)25/h3-4,7-12,15,18H,5-6,13-14H2,1-2H3,(H,20,23)/t18-/m1/s1. The van der Waals surface area contributed by atoms with Crippen molar-refractivity contribution in [3.05, 3.63) is 48.8 Å². The van der Waals surface area contributed by atoms with Gasteiger partial charge in [0.15, 0.2) is 0 Å². The monoisotopic (exact) mass is 375 g/mol. The SMILES string of the molecule is CC(C)[C@H](C(=O)Nc1ccc(N2CCCCS2(=O)=O)cc1)n1cccc1. The minimum absolute atomic E-state index is 0.0884. The summed E-state index contributed by atoms with van der Waals surface area (Å²) >= 11 is 0. The van der Waals surface area contributed by atoms with Gasteiger partial charge in [0.05, 0.1) is 11.4 Å². The van der Waals surface area contributed by atoms with Gasteiger partial charge in [-0.25, -0.2) is 8.42 Å². The fourth-order valence-corrected chi connectivity index (χ4v) is 4.96. The van der Waals surface area contributed by atoms with Crippen LogP contribution in [-0.2, 0) is 14.8 Å². The minimum atomic E-state index is -3.22. The van der Waals surface area contributed by atoms with E-state index in [1.165, 1.54) is 4.31 Å². The van der Waals surface area contributed by atoms with Gasteiger partial charge in [-0.15, -0.1) is 0 Å². The Hall–Kier alpha value is -2.28. The van der Waals surface area contributed by atoms with Crippen molar-refractivity contribution in [1.29, 1.82) is 0 Å². The number of sulfonamides is 1. The molecule has 1 aliphatic rings. The second-order valence-electron chi connectivity index (χ2n) is 6.95. The largest absolute Gasteiger partial charge is 0.342 e. The van der Waals surface area contributed by atoms with Crippen molar-refractivity contribution in [2.24, 2.45) is 5.92 Å². The molecule has 1 amide bonds. The second kappa shape index (κ2) is 7.53. The highest BCUT2D eigenvalue weighted by atomic mass is 32.2. The van der Waals surface area contributed by atoms with Crippen molar-refractivity contribution in [2.45, 2.75) is 32.7 Å². The van der Waals surface area contributed by atoms with Crippen molar-refractivity contribution in [2.75, 3.05) is 21.9 Å². The first-order valence-corrected chi connectivity index (χ1v) is 10.5. The molecule has 140 valence electrons. The third-order valence-corrected chi connectivity index (χ3v) is 6.49. The van der Waals surface area contributed by atoms with Gasteiger partial charge < -0.3 is 9.88 Å². The number of carbonyl (C=O) groups excluding carboxylic acids is 1. The van der Waals surface area contributed by atoms with Crippen LogP contribution in [0.15, 0.2) is 48.8 Å². The van der Waals surface area contributed by atoms with Crippen LogP contribution < -0.4 is 9.62 Å². The third kappa shape index (κ3) is 3.93. The number of benzene rings is 1. The molecule has 7 heteroatoms. The summed E-state index contributed by atoms with van der Waals surface area (Å²) in [6.07, 6.45) is 5.34. The van der Waals surface area contributed by atoms with E-state index < -0.39 is 10.0 Å². The van der Waals surface area contributed by atoms with E-state index in [-0.39, 0.29) is 23.6 Å². The Morgan fingerprint density at radius 2 is 1.73 bits per heavy atom. The summed E-state index contributed by atoms with van der Waals surface area (Å²) in [5.74, 6) is 0.244. The number of nitrogens with one attached hydrogen (secondary N) is 1. The molecule has 0 bridgehead atoms. The van der Waals surface area contributed by atoms with Crippen LogP contribution in [0.2, 0.25) is 0 Å². The molecule has 0 aliphatic carbocycles. The molecule has 0 spiro atoms. The van der Waals surface area contributed by atoms with Gasteiger partial charge in [0.25, 0.3) is 0 Å². The first-order valence-electron chi connectivity index (χ1n) is 8.92. The molecule has 6 nitrogen and oxygen atoms in total. The molecule has 0 unspecified atom stereocenters. The van der Waals surface area contributed by atoms with E-state index in [2.05, 4.69) is 5.32 Å². The van der Waals surface area contributed by atoms with Crippen LogP contribution >= 0.6 is 0 Å².